The summed E-state index contributed by atoms with van der Waals surface area (Å²) in [5, 5.41) is 2.47. The van der Waals surface area contributed by atoms with E-state index < -0.39 is 11.6 Å². The van der Waals surface area contributed by atoms with Gasteiger partial charge in [-0.2, -0.15) is 0 Å². The van der Waals surface area contributed by atoms with Crippen molar-refractivity contribution in [2.24, 2.45) is 5.92 Å². The first kappa shape index (κ1) is 14.9. The van der Waals surface area contributed by atoms with Crippen LogP contribution in [0.4, 0.5) is 14.5 Å². The van der Waals surface area contributed by atoms with Crippen molar-refractivity contribution in [1.29, 1.82) is 0 Å². The van der Waals surface area contributed by atoms with Crippen molar-refractivity contribution in [2.45, 2.75) is 32.7 Å². The molecule has 1 aromatic rings. The quantitative estimate of drug-likeness (QED) is 0.924. The van der Waals surface area contributed by atoms with Crippen molar-refractivity contribution in [1.82, 2.24) is 4.90 Å². The summed E-state index contributed by atoms with van der Waals surface area (Å²) >= 11 is 0. The summed E-state index contributed by atoms with van der Waals surface area (Å²) in [5.74, 6) is -0.937. The van der Waals surface area contributed by atoms with Crippen LogP contribution in [0, 0.1) is 17.6 Å². The fraction of sp³-hybridized carbons (Fsp3) is 0.533. The molecule has 0 bridgehead atoms. The Morgan fingerprint density at radius 2 is 2.20 bits per heavy atom. The van der Waals surface area contributed by atoms with E-state index in [1.807, 2.05) is 0 Å². The largest absolute Gasteiger partial charge is 0.322 e. The second kappa shape index (κ2) is 6.31. The van der Waals surface area contributed by atoms with E-state index in [0.29, 0.717) is 5.92 Å². The third kappa shape index (κ3) is 3.54. The number of benzene rings is 1. The number of piperidine rings is 1. The molecule has 0 aromatic heterocycles. The van der Waals surface area contributed by atoms with E-state index in [4.69, 9.17) is 0 Å². The lowest BCUT2D eigenvalue weighted by molar-refractivity contribution is -0.121. The molecule has 110 valence electrons. The lowest BCUT2D eigenvalue weighted by Crippen LogP contribution is -2.46. The number of nitrogens with one attached hydrogen (secondary N) is 1. The average molecular weight is 282 g/mol. The van der Waals surface area contributed by atoms with Gasteiger partial charge in [0.2, 0.25) is 5.91 Å². The Balaban J connectivity index is 2.02. The molecule has 0 spiro atoms. The number of hydrogen-bond acceptors (Lipinski definition) is 2. The number of carbonyl (C=O) groups excluding carboxylic acids is 1. The Labute approximate surface area is 118 Å². The molecular formula is C15H20F2N2O. The van der Waals surface area contributed by atoms with Gasteiger partial charge in [0.15, 0.2) is 0 Å². The summed E-state index contributed by atoms with van der Waals surface area (Å²) < 4.78 is 26.6. The molecule has 0 unspecified atom stereocenters. The summed E-state index contributed by atoms with van der Waals surface area (Å²) in [6.45, 7) is 5.68. The highest BCUT2D eigenvalue weighted by molar-refractivity contribution is 5.94. The minimum atomic E-state index is -0.626. The van der Waals surface area contributed by atoms with E-state index in [2.05, 4.69) is 17.1 Å². The highest BCUT2D eigenvalue weighted by atomic mass is 19.1. The number of likely N-dealkylation sites (tertiary alicyclic amines) is 1. The van der Waals surface area contributed by atoms with Gasteiger partial charge in [0.25, 0.3) is 0 Å². The monoisotopic (exact) mass is 282 g/mol. The van der Waals surface area contributed by atoms with E-state index in [1.54, 1.807) is 6.92 Å². The zero-order chi connectivity index (χ0) is 14.7. The number of nitrogens with zero attached hydrogens (tertiary/aromatic N) is 1. The molecule has 20 heavy (non-hydrogen) atoms. The standard InChI is InChI=1S/C15H20F2N2O/c1-10-4-3-7-19(9-10)11(2)15(20)18-14-8-12(16)5-6-13(14)17/h5-6,8,10-11H,3-4,7,9H2,1-2H3,(H,18,20)/t10-,11-/m0/s1. The Morgan fingerprint density at radius 1 is 1.45 bits per heavy atom. The van der Waals surface area contributed by atoms with Crippen LogP contribution in [0.5, 0.6) is 0 Å². The Kier molecular flexibility index (Phi) is 4.70. The van der Waals surface area contributed by atoms with Crippen molar-refractivity contribution >= 4 is 11.6 Å². The highest BCUT2D eigenvalue weighted by Crippen LogP contribution is 2.20. The van der Waals surface area contributed by atoms with Gasteiger partial charge in [-0.15, -0.1) is 0 Å². The Hall–Kier alpha value is -1.49. The molecule has 3 nitrogen and oxygen atoms in total. The molecule has 1 heterocycles. The maximum atomic E-state index is 13.5. The maximum absolute atomic E-state index is 13.5. The number of amides is 1. The average Bonchev–Trinajstić information content (AvgIpc) is 2.42. The summed E-state index contributed by atoms with van der Waals surface area (Å²) in [5.41, 5.74) is -0.105. The van der Waals surface area contributed by atoms with Gasteiger partial charge in [0, 0.05) is 12.6 Å². The van der Waals surface area contributed by atoms with E-state index in [1.165, 1.54) is 6.42 Å². The van der Waals surface area contributed by atoms with Crippen molar-refractivity contribution < 1.29 is 13.6 Å². The van der Waals surface area contributed by atoms with Crippen LogP contribution < -0.4 is 5.32 Å². The van der Waals surface area contributed by atoms with Gasteiger partial charge >= 0.3 is 0 Å². The second-order valence-electron chi connectivity index (χ2n) is 5.53. The van der Waals surface area contributed by atoms with Crippen molar-refractivity contribution in [3.05, 3.63) is 29.8 Å². The molecule has 0 radical (unpaired) electrons. The summed E-state index contributed by atoms with van der Waals surface area (Å²) in [6, 6.07) is 2.69. The zero-order valence-electron chi connectivity index (χ0n) is 11.8. The van der Waals surface area contributed by atoms with Gasteiger partial charge in [0.1, 0.15) is 11.6 Å². The van der Waals surface area contributed by atoms with Crippen LogP contribution in [0.3, 0.4) is 0 Å². The van der Waals surface area contributed by atoms with Gasteiger partial charge in [-0.25, -0.2) is 8.78 Å². The molecular weight excluding hydrogens is 262 g/mol. The van der Waals surface area contributed by atoms with Gasteiger partial charge < -0.3 is 5.32 Å². The van der Waals surface area contributed by atoms with Gasteiger partial charge in [-0.3, -0.25) is 9.69 Å². The molecule has 1 fully saturated rings. The topological polar surface area (TPSA) is 32.3 Å². The molecule has 1 aliphatic rings. The van der Waals surface area contributed by atoms with Crippen LogP contribution in [0.15, 0.2) is 18.2 Å². The van der Waals surface area contributed by atoms with Crippen molar-refractivity contribution in [3.8, 4) is 0 Å². The number of hydrogen-bond donors (Lipinski definition) is 1. The van der Waals surface area contributed by atoms with Crippen LogP contribution in [0.1, 0.15) is 26.7 Å². The summed E-state index contributed by atoms with van der Waals surface area (Å²) in [4.78, 5) is 14.2. The van der Waals surface area contributed by atoms with Gasteiger partial charge in [0.05, 0.1) is 11.7 Å². The van der Waals surface area contributed by atoms with Gasteiger partial charge in [-0.05, 0) is 44.4 Å². The number of anilines is 1. The van der Waals surface area contributed by atoms with Crippen LogP contribution >= 0.6 is 0 Å². The molecule has 1 N–H and O–H groups in total. The lowest BCUT2D eigenvalue weighted by Gasteiger charge is -2.34. The third-order valence-electron chi connectivity index (χ3n) is 3.80. The predicted molar refractivity (Wildman–Crippen MR) is 74.4 cm³/mol. The molecule has 1 amide bonds. The Bertz CT molecular complexity index is 493. The van der Waals surface area contributed by atoms with Crippen LogP contribution in [-0.2, 0) is 4.79 Å². The van der Waals surface area contributed by atoms with E-state index in [0.717, 1.165) is 37.7 Å². The first-order valence-corrected chi connectivity index (χ1v) is 6.97. The maximum Gasteiger partial charge on any atom is 0.241 e. The molecule has 1 aromatic carbocycles. The minimum absolute atomic E-state index is 0.105. The van der Waals surface area contributed by atoms with Crippen molar-refractivity contribution in [3.63, 3.8) is 0 Å². The summed E-state index contributed by atoms with van der Waals surface area (Å²) in [7, 11) is 0. The molecule has 5 heteroatoms. The highest BCUT2D eigenvalue weighted by Gasteiger charge is 2.26. The number of carbonyl (C=O) groups is 1. The third-order valence-corrected chi connectivity index (χ3v) is 3.80. The first-order chi connectivity index (χ1) is 9.47. The second-order valence-corrected chi connectivity index (χ2v) is 5.53. The van der Waals surface area contributed by atoms with Crippen LogP contribution in [-0.4, -0.2) is 29.9 Å². The molecule has 2 atom stereocenters. The van der Waals surface area contributed by atoms with E-state index >= 15 is 0 Å². The number of rotatable bonds is 3. The molecule has 0 saturated carbocycles. The molecule has 2 rings (SSSR count). The normalized spacial score (nSPS) is 21.5. The molecule has 1 saturated heterocycles. The van der Waals surface area contributed by atoms with E-state index in [-0.39, 0.29) is 17.6 Å². The SMILES string of the molecule is C[C@H]1CCCN([C@@H](C)C(=O)Nc2cc(F)ccc2F)C1. The zero-order valence-corrected chi connectivity index (χ0v) is 11.8. The van der Waals surface area contributed by atoms with E-state index in [9.17, 15) is 13.6 Å². The summed E-state index contributed by atoms with van der Waals surface area (Å²) in [6.07, 6.45) is 2.23. The number of halogens is 2. The minimum Gasteiger partial charge on any atom is -0.322 e. The Morgan fingerprint density at radius 3 is 2.90 bits per heavy atom. The van der Waals surface area contributed by atoms with Crippen molar-refractivity contribution in [2.75, 3.05) is 18.4 Å². The smallest absolute Gasteiger partial charge is 0.241 e. The molecule has 0 aliphatic carbocycles. The molecule has 1 aliphatic heterocycles. The fourth-order valence-corrected chi connectivity index (χ4v) is 2.57. The first-order valence-electron chi connectivity index (χ1n) is 6.97. The van der Waals surface area contributed by atoms with Gasteiger partial charge in [-0.1, -0.05) is 6.92 Å². The predicted octanol–water partition coefficient (Wildman–Crippen LogP) is 3.02. The lowest BCUT2D eigenvalue weighted by atomic mass is 9.99. The van der Waals surface area contributed by atoms with Crippen LogP contribution in [0.2, 0.25) is 0 Å². The van der Waals surface area contributed by atoms with Crippen LogP contribution in [0.25, 0.3) is 0 Å². The fourth-order valence-electron chi connectivity index (χ4n) is 2.57.